The zero-order chi connectivity index (χ0) is 14.7. The highest BCUT2D eigenvalue weighted by molar-refractivity contribution is 5.56. The van der Waals surface area contributed by atoms with E-state index in [-0.39, 0.29) is 0 Å². The molecule has 0 atom stereocenters. The summed E-state index contributed by atoms with van der Waals surface area (Å²) in [5.41, 5.74) is 8.69. The van der Waals surface area contributed by atoms with Crippen molar-refractivity contribution in [2.75, 3.05) is 12.8 Å². The van der Waals surface area contributed by atoms with Gasteiger partial charge in [0.2, 0.25) is 5.88 Å². The molecule has 5 nitrogen and oxygen atoms in total. The number of aryl methyl sites for hydroxylation is 3. The van der Waals surface area contributed by atoms with Gasteiger partial charge in [-0.1, -0.05) is 19.4 Å². The summed E-state index contributed by atoms with van der Waals surface area (Å²) in [7, 11) is 3.45. The standard InChI is InChI=1S/C15H21N3O2/c1-5-6-11-14(16)15(18(3)17-11)20-12-8-7-10(2)9-13(12)19-4/h7-9H,5-6,16H2,1-4H3. The maximum Gasteiger partial charge on any atom is 0.241 e. The van der Waals surface area contributed by atoms with Gasteiger partial charge in [0.1, 0.15) is 5.69 Å². The van der Waals surface area contributed by atoms with Gasteiger partial charge in [0, 0.05) is 7.05 Å². The molecule has 2 rings (SSSR count). The normalized spacial score (nSPS) is 10.6. The Kier molecular flexibility index (Phi) is 4.17. The van der Waals surface area contributed by atoms with Crippen molar-refractivity contribution in [1.82, 2.24) is 9.78 Å². The van der Waals surface area contributed by atoms with Crippen LogP contribution in [0.1, 0.15) is 24.6 Å². The lowest BCUT2D eigenvalue weighted by Crippen LogP contribution is -1.98. The fourth-order valence-electron chi connectivity index (χ4n) is 2.08. The number of nitrogens with two attached hydrogens (primary N) is 1. The number of hydrogen-bond donors (Lipinski definition) is 1. The molecular formula is C15H21N3O2. The lowest BCUT2D eigenvalue weighted by atomic mass is 10.2. The summed E-state index contributed by atoms with van der Waals surface area (Å²) in [6, 6.07) is 5.77. The van der Waals surface area contributed by atoms with Crippen LogP contribution in [0.4, 0.5) is 5.69 Å². The molecule has 1 aromatic carbocycles. The molecule has 2 N–H and O–H groups in total. The summed E-state index contributed by atoms with van der Waals surface area (Å²) in [6.45, 7) is 4.10. The first-order chi connectivity index (χ1) is 9.56. The molecule has 1 heterocycles. The molecule has 0 bridgehead atoms. The third-order valence-electron chi connectivity index (χ3n) is 3.12. The second kappa shape index (κ2) is 5.86. The number of benzene rings is 1. The summed E-state index contributed by atoms with van der Waals surface area (Å²) in [5.74, 6) is 1.87. The van der Waals surface area contributed by atoms with Crippen molar-refractivity contribution in [2.45, 2.75) is 26.7 Å². The van der Waals surface area contributed by atoms with Crippen molar-refractivity contribution in [3.05, 3.63) is 29.5 Å². The van der Waals surface area contributed by atoms with Crippen LogP contribution < -0.4 is 15.2 Å². The van der Waals surface area contributed by atoms with Gasteiger partial charge in [-0.25, -0.2) is 4.68 Å². The van der Waals surface area contributed by atoms with Crippen molar-refractivity contribution in [3.8, 4) is 17.4 Å². The molecular weight excluding hydrogens is 254 g/mol. The molecule has 1 aromatic heterocycles. The monoisotopic (exact) mass is 275 g/mol. The first-order valence-electron chi connectivity index (χ1n) is 6.70. The summed E-state index contributed by atoms with van der Waals surface area (Å²) in [6.07, 6.45) is 1.84. The van der Waals surface area contributed by atoms with E-state index in [1.54, 1.807) is 11.8 Å². The molecule has 0 aliphatic rings. The Hall–Kier alpha value is -2.17. The quantitative estimate of drug-likeness (QED) is 0.911. The second-order valence-electron chi connectivity index (χ2n) is 4.80. The van der Waals surface area contributed by atoms with Crippen molar-refractivity contribution in [3.63, 3.8) is 0 Å². The number of ether oxygens (including phenoxy) is 2. The van der Waals surface area contributed by atoms with E-state index in [4.69, 9.17) is 15.2 Å². The molecule has 0 fully saturated rings. The fourth-order valence-corrected chi connectivity index (χ4v) is 2.08. The Morgan fingerprint density at radius 3 is 2.70 bits per heavy atom. The van der Waals surface area contributed by atoms with Crippen molar-refractivity contribution < 1.29 is 9.47 Å². The molecule has 0 aliphatic heterocycles. The van der Waals surface area contributed by atoms with Gasteiger partial charge in [-0.3, -0.25) is 0 Å². The third kappa shape index (κ3) is 2.71. The molecule has 0 aliphatic carbocycles. The van der Waals surface area contributed by atoms with Gasteiger partial charge in [-0.15, -0.1) is 0 Å². The van der Waals surface area contributed by atoms with Gasteiger partial charge < -0.3 is 15.2 Å². The predicted molar refractivity (Wildman–Crippen MR) is 79.4 cm³/mol. The summed E-state index contributed by atoms with van der Waals surface area (Å²) in [5, 5.41) is 4.39. The van der Waals surface area contributed by atoms with Crippen molar-refractivity contribution in [2.24, 2.45) is 7.05 Å². The number of nitrogen functional groups attached to an aromatic ring is 1. The third-order valence-corrected chi connectivity index (χ3v) is 3.12. The van der Waals surface area contributed by atoms with Crippen LogP contribution in [0.5, 0.6) is 17.4 Å². The van der Waals surface area contributed by atoms with E-state index in [9.17, 15) is 0 Å². The highest BCUT2D eigenvalue weighted by Crippen LogP contribution is 2.35. The minimum Gasteiger partial charge on any atom is -0.493 e. The molecule has 20 heavy (non-hydrogen) atoms. The molecule has 5 heteroatoms. The van der Waals surface area contributed by atoms with Crippen LogP contribution in [0, 0.1) is 6.92 Å². The Morgan fingerprint density at radius 1 is 1.30 bits per heavy atom. The number of methoxy groups -OCH3 is 1. The number of aromatic nitrogens is 2. The molecule has 0 unspecified atom stereocenters. The molecule has 0 spiro atoms. The molecule has 0 radical (unpaired) electrons. The maximum absolute atomic E-state index is 6.11. The zero-order valence-electron chi connectivity index (χ0n) is 12.4. The van der Waals surface area contributed by atoms with E-state index in [1.807, 2.05) is 32.2 Å². The molecule has 0 saturated heterocycles. The predicted octanol–water partition coefficient (Wildman–Crippen LogP) is 3.06. The second-order valence-corrected chi connectivity index (χ2v) is 4.80. The van der Waals surface area contributed by atoms with E-state index < -0.39 is 0 Å². The van der Waals surface area contributed by atoms with E-state index in [0.717, 1.165) is 24.1 Å². The van der Waals surface area contributed by atoms with Gasteiger partial charge in [0.15, 0.2) is 11.5 Å². The van der Waals surface area contributed by atoms with Crippen LogP contribution in [0.2, 0.25) is 0 Å². The van der Waals surface area contributed by atoms with Crippen LogP contribution in [0.3, 0.4) is 0 Å². The van der Waals surface area contributed by atoms with Crippen LogP contribution in [0.15, 0.2) is 18.2 Å². The van der Waals surface area contributed by atoms with Crippen LogP contribution in [-0.2, 0) is 13.5 Å². The Labute approximate surface area is 119 Å². The highest BCUT2D eigenvalue weighted by Gasteiger charge is 2.16. The first-order valence-corrected chi connectivity index (χ1v) is 6.70. The van der Waals surface area contributed by atoms with Gasteiger partial charge >= 0.3 is 0 Å². The van der Waals surface area contributed by atoms with Crippen LogP contribution in [0.25, 0.3) is 0 Å². The average Bonchev–Trinajstić information content (AvgIpc) is 2.68. The van der Waals surface area contributed by atoms with Crippen LogP contribution >= 0.6 is 0 Å². The SMILES string of the molecule is CCCc1nn(C)c(Oc2ccc(C)cc2OC)c1N. The molecule has 2 aromatic rings. The number of anilines is 1. The fraction of sp³-hybridized carbons (Fsp3) is 0.400. The number of nitrogens with zero attached hydrogens (tertiary/aromatic N) is 2. The minimum atomic E-state index is 0.551. The summed E-state index contributed by atoms with van der Waals surface area (Å²) < 4.78 is 12.9. The zero-order valence-corrected chi connectivity index (χ0v) is 12.4. The average molecular weight is 275 g/mol. The lowest BCUT2D eigenvalue weighted by molar-refractivity contribution is 0.366. The Balaban J connectivity index is 2.35. The molecule has 0 amide bonds. The number of rotatable bonds is 5. The van der Waals surface area contributed by atoms with Gasteiger partial charge in [0.25, 0.3) is 0 Å². The molecule has 0 saturated carbocycles. The molecule has 108 valence electrons. The van der Waals surface area contributed by atoms with Crippen LogP contribution in [-0.4, -0.2) is 16.9 Å². The Morgan fingerprint density at radius 2 is 2.05 bits per heavy atom. The van der Waals surface area contributed by atoms with Gasteiger partial charge in [0.05, 0.1) is 12.8 Å². The maximum atomic E-state index is 6.11. The summed E-state index contributed by atoms with van der Waals surface area (Å²) >= 11 is 0. The van der Waals surface area contributed by atoms with E-state index in [2.05, 4.69) is 12.0 Å². The van der Waals surface area contributed by atoms with E-state index in [1.165, 1.54) is 0 Å². The van der Waals surface area contributed by atoms with Crippen molar-refractivity contribution in [1.29, 1.82) is 0 Å². The smallest absolute Gasteiger partial charge is 0.241 e. The largest absolute Gasteiger partial charge is 0.493 e. The minimum absolute atomic E-state index is 0.551. The first kappa shape index (κ1) is 14.2. The van der Waals surface area contributed by atoms with Gasteiger partial charge in [-0.05, 0) is 31.0 Å². The van der Waals surface area contributed by atoms with Crippen molar-refractivity contribution >= 4 is 5.69 Å². The van der Waals surface area contributed by atoms with Gasteiger partial charge in [-0.2, -0.15) is 5.10 Å². The van der Waals surface area contributed by atoms with E-state index >= 15 is 0 Å². The number of hydrogen-bond acceptors (Lipinski definition) is 4. The summed E-state index contributed by atoms with van der Waals surface area (Å²) in [4.78, 5) is 0. The lowest BCUT2D eigenvalue weighted by Gasteiger charge is -2.11. The van der Waals surface area contributed by atoms with E-state index in [0.29, 0.717) is 23.1 Å². The topological polar surface area (TPSA) is 62.3 Å². The Bertz CT molecular complexity index is 605. The highest BCUT2D eigenvalue weighted by atomic mass is 16.5.